The summed E-state index contributed by atoms with van der Waals surface area (Å²) in [5.74, 6) is -0.454. The van der Waals surface area contributed by atoms with E-state index in [0.29, 0.717) is 11.4 Å². The van der Waals surface area contributed by atoms with E-state index in [0.717, 1.165) is 25.7 Å². The lowest BCUT2D eigenvalue weighted by atomic mass is 10.2. The summed E-state index contributed by atoms with van der Waals surface area (Å²) in [6, 6.07) is 9.58. The third-order valence-corrected chi connectivity index (χ3v) is 7.13. The minimum absolute atomic E-state index is 0.00469. The van der Waals surface area contributed by atoms with Gasteiger partial charge in [-0.3, -0.25) is 9.59 Å². The third-order valence-electron chi connectivity index (χ3n) is 7.13. The Bertz CT molecular complexity index is 1300. The van der Waals surface area contributed by atoms with Gasteiger partial charge in [-0.25, -0.2) is 14.6 Å². The molecule has 13 heteroatoms. The highest BCUT2D eigenvalue weighted by atomic mass is 16.6. The number of alkyl carbamates (subject to hydrolysis) is 1. The van der Waals surface area contributed by atoms with Crippen LogP contribution in [0, 0.1) is 0 Å². The van der Waals surface area contributed by atoms with Gasteiger partial charge in [-0.1, -0.05) is 30.3 Å². The summed E-state index contributed by atoms with van der Waals surface area (Å²) in [7, 11) is 0. The number of aromatic nitrogens is 2. The second kappa shape index (κ2) is 14.8. The zero-order valence-electron chi connectivity index (χ0n) is 25.8. The number of hydrogen-bond acceptors (Lipinski definition) is 9. The summed E-state index contributed by atoms with van der Waals surface area (Å²) in [6.45, 7) is 7.97. The lowest BCUT2D eigenvalue weighted by Gasteiger charge is -2.36. The number of nitrogens with zero attached hydrogens (tertiary/aromatic N) is 4. The van der Waals surface area contributed by atoms with Crippen molar-refractivity contribution in [3.05, 3.63) is 42.1 Å². The van der Waals surface area contributed by atoms with Crippen molar-refractivity contribution in [3.8, 4) is 17.3 Å². The number of benzene rings is 1. The van der Waals surface area contributed by atoms with Gasteiger partial charge in [0.1, 0.15) is 23.4 Å². The predicted molar refractivity (Wildman–Crippen MR) is 161 cm³/mol. The smallest absolute Gasteiger partial charge is 0.409 e. The van der Waals surface area contributed by atoms with Crippen molar-refractivity contribution in [2.75, 3.05) is 39.3 Å². The topological polar surface area (TPSA) is 152 Å². The van der Waals surface area contributed by atoms with Crippen molar-refractivity contribution in [3.63, 3.8) is 0 Å². The molecule has 4 rings (SSSR count). The summed E-state index contributed by atoms with van der Waals surface area (Å²) in [5, 5.41) is 5.34. The van der Waals surface area contributed by atoms with Gasteiger partial charge < -0.3 is 34.6 Å². The van der Waals surface area contributed by atoms with E-state index in [1.807, 2.05) is 30.3 Å². The molecule has 2 N–H and O–H groups in total. The Hall–Kier alpha value is -4.42. The third kappa shape index (κ3) is 9.29. The molecule has 0 spiro atoms. The molecule has 1 atom stereocenters. The molecule has 2 fully saturated rings. The summed E-state index contributed by atoms with van der Waals surface area (Å²) < 4.78 is 16.5. The Balaban J connectivity index is 1.54. The fourth-order valence-electron chi connectivity index (χ4n) is 4.97. The van der Waals surface area contributed by atoms with Gasteiger partial charge in [0, 0.05) is 37.8 Å². The quantitative estimate of drug-likeness (QED) is 0.435. The van der Waals surface area contributed by atoms with E-state index in [4.69, 9.17) is 14.2 Å². The number of ether oxygens (including phenoxy) is 3. The average molecular weight is 611 g/mol. The molecular formula is C31H42N6O7. The minimum Gasteiger partial charge on any atom is -0.474 e. The van der Waals surface area contributed by atoms with Gasteiger partial charge in [0.15, 0.2) is 5.82 Å². The van der Waals surface area contributed by atoms with Gasteiger partial charge in [-0.2, -0.15) is 4.98 Å². The lowest BCUT2D eigenvalue weighted by molar-refractivity contribution is -0.134. The van der Waals surface area contributed by atoms with Crippen LogP contribution in [0.3, 0.4) is 0 Å². The Morgan fingerprint density at radius 1 is 0.977 bits per heavy atom. The standard InChI is InChI=1S/C31H42N6O7/c1-5-42-30(41)37-17-15-36(16-18-37)28(39)24(20-32-29(40)44-31(2,3)4)34-27(38)23-19-25(43-22-13-9-10-14-22)35-26(33-23)21-11-7-6-8-12-21/h6-8,11-12,19,22,24H,5,9-10,13-18,20H2,1-4H3,(H,32,40)(H,34,38). The molecule has 1 unspecified atom stereocenters. The monoisotopic (exact) mass is 610 g/mol. The number of piperazine rings is 1. The maximum Gasteiger partial charge on any atom is 0.409 e. The maximum absolute atomic E-state index is 13.7. The second-order valence-corrected chi connectivity index (χ2v) is 11.7. The van der Waals surface area contributed by atoms with Crippen LogP contribution in [0.1, 0.15) is 63.9 Å². The van der Waals surface area contributed by atoms with Crippen LogP contribution in [0.15, 0.2) is 36.4 Å². The fourth-order valence-corrected chi connectivity index (χ4v) is 4.97. The van der Waals surface area contributed by atoms with E-state index < -0.39 is 35.6 Å². The zero-order chi connectivity index (χ0) is 31.7. The molecule has 1 aromatic carbocycles. The highest BCUT2D eigenvalue weighted by molar-refractivity contribution is 5.97. The molecule has 44 heavy (non-hydrogen) atoms. The molecule has 1 saturated carbocycles. The van der Waals surface area contributed by atoms with Crippen LogP contribution in [0.25, 0.3) is 11.4 Å². The Kier molecular flexibility index (Phi) is 11.0. The number of amides is 4. The molecule has 1 aromatic heterocycles. The van der Waals surface area contributed by atoms with Gasteiger partial charge in [0.2, 0.25) is 11.8 Å². The van der Waals surface area contributed by atoms with Crippen LogP contribution in [0.4, 0.5) is 9.59 Å². The number of hydrogen-bond donors (Lipinski definition) is 2. The zero-order valence-corrected chi connectivity index (χ0v) is 25.8. The van der Waals surface area contributed by atoms with E-state index in [1.54, 1.807) is 32.6 Å². The largest absolute Gasteiger partial charge is 0.474 e. The van der Waals surface area contributed by atoms with E-state index in [2.05, 4.69) is 20.6 Å². The number of carbonyl (C=O) groups excluding carboxylic acids is 4. The van der Waals surface area contributed by atoms with Crippen LogP contribution in [-0.4, -0.2) is 101 Å². The Morgan fingerprint density at radius 2 is 1.64 bits per heavy atom. The minimum atomic E-state index is -1.14. The summed E-state index contributed by atoms with van der Waals surface area (Å²) in [6.07, 6.45) is 2.78. The molecule has 1 saturated heterocycles. The first-order valence-electron chi connectivity index (χ1n) is 15.1. The molecule has 0 bridgehead atoms. The van der Waals surface area contributed by atoms with Gasteiger partial charge in [-0.15, -0.1) is 0 Å². The molecule has 238 valence electrons. The van der Waals surface area contributed by atoms with E-state index in [-0.39, 0.29) is 57.0 Å². The fraction of sp³-hybridized carbons (Fsp3) is 0.548. The van der Waals surface area contributed by atoms with Gasteiger partial charge in [0.05, 0.1) is 13.2 Å². The Labute approximate surface area is 257 Å². The highest BCUT2D eigenvalue weighted by Gasteiger charge is 2.32. The van der Waals surface area contributed by atoms with E-state index in [9.17, 15) is 19.2 Å². The second-order valence-electron chi connectivity index (χ2n) is 11.7. The van der Waals surface area contributed by atoms with Gasteiger partial charge >= 0.3 is 12.2 Å². The van der Waals surface area contributed by atoms with Crippen LogP contribution in [-0.2, 0) is 14.3 Å². The number of nitrogens with one attached hydrogen (secondary N) is 2. The molecule has 0 radical (unpaired) electrons. The predicted octanol–water partition coefficient (Wildman–Crippen LogP) is 3.39. The van der Waals surface area contributed by atoms with E-state index >= 15 is 0 Å². The lowest BCUT2D eigenvalue weighted by Crippen LogP contribution is -2.58. The van der Waals surface area contributed by atoms with Crippen molar-refractivity contribution in [1.29, 1.82) is 0 Å². The SMILES string of the molecule is CCOC(=O)N1CCN(C(=O)C(CNC(=O)OC(C)(C)C)NC(=O)c2cc(OC3CCCC3)nc(-c3ccccc3)n2)CC1. The first kappa shape index (κ1) is 32.5. The molecule has 1 aliphatic heterocycles. The molecule has 4 amide bonds. The molecular weight excluding hydrogens is 568 g/mol. The van der Waals surface area contributed by atoms with Crippen LogP contribution >= 0.6 is 0 Å². The van der Waals surface area contributed by atoms with Crippen LogP contribution in [0.2, 0.25) is 0 Å². The number of rotatable bonds is 9. The normalized spacial score (nSPS) is 16.2. The summed E-state index contributed by atoms with van der Waals surface area (Å²) in [5.41, 5.74) is -0.0213. The maximum atomic E-state index is 13.7. The van der Waals surface area contributed by atoms with Crippen molar-refractivity contribution in [2.24, 2.45) is 0 Å². The number of carbonyl (C=O) groups is 4. The van der Waals surface area contributed by atoms with Crippen molar-refractivity contribution >= 4 is 24.0 Å². The molecule has 2 heterocycles. The molecule has 2 aliphatic rings. The average Bonchev–Trinajstić information content (AvgIpc) is 3.51. The van der Waals surface area contributed by atoms with Gasteiger partial charge in [-0.05, 0) is 53.4 Å². The van der Waals surface area contributed by atoms with Crippen LogP contribution < -0.4 is 15.4 Å². The first-order valence-corrected chi connectivity index (χ1v) is 15.1. The molecule has 2 aromatic rings. The molecule has 1 aliphatic carbocycles. The summed E-state index contributed by atoms with van der Waals surface area (Å²) in [4.78, 5) is 64.0. The van der Waals surface area contributed by atoms with Crippen LogP contribution in [0.5, 0.6) is 5.88 Å². The van der Waals surface area contributed by atoms with Gasteiger partial charge in [0.25, 0.3) is 5.91 Å². The molecule has 13 nitrogen and oxygen atoms in total. The summed E-state index contributed by atoms with van der Waals surface area (Å²) >= 11 is 0. The first-order chi connectivity index (χ1) is 21.0. The van der Waals surface area contributed by atoms with Crippen molar-refractivity contribution < 1.29 is 33.4 Å². The van der Waals surface area contributed by atoms with Crippen molar-refractivity contribution in [2.45, 2.75) is 71.1 Å². The highest BCUT2D eigenvalue weighted by Crippen LogP contribution is 2.25. The Morgan fingerprint density at radius 3 is 2.27 bits per heavy atom. The van der Waals surface area contributed by atoms with Crippen molar-refractivity contribution in [1.82, 2.24) is 30.4 Å². The van der Waals surface area contributed by atoms with E-state index in [1.165, 1.54) is 11.0 Å².